The molecule has 78 heavy (non-hydrogen) atoms. The van der Waals surface area contributed by atoms with Crippen molar-refractivity contribution < 1.29 is 43.7 Å². The van der Waals surface area contributed by atoms with Crippen molar-refractivity contribution in [1.82, 2.24) is 16.0 Å². The molecular formula is C64H71N3O9S2. The Labute approximate surface area is 467 Å². The zero-order valence-corrected chi connectivity index (χ0v) is 46.4. The van der Waals surface area contributed by atoms with Crippen molar-refractivity contribution in [2.45, 2.75) is 111 Å². The fraction of sp³-hybridized carbons (Fsp3) is 0.328. The highest BCUT2D eigenvalue weighted by Gasteiger charge is 2.52. The lowest BCUT2D eigenvalue weighted by Gasteiger charge is -2.37. The molecule has 0 radical (unpaired) electrons. The smallest absolute Gasteiger partial charge is 0.308 e. The molecule has 408 valence electrons. The number of hydrogen-bond acceptors (Lipinski definition) is 11. The Morgan fingerprint density at radius 1 is 0.577 bits per heavy atom. The van der Waals surface area contributed by atoms with Gasteiger partial charge in [0.25, 0.3) is 0 Å². The molecule has 0 saturated heterocycles. The first kappa shape index (κ1) is 58.7. The molecule has 1 aliphatic rings. The highest BCUT2D eigenvalue weighted by atomic mass is 32.2. The van der Waals surface area contributed by atoms with Gasteiger partial charge >= 0.3 is 11.9 Å². The molecule has 3 amide bonds. The minimum atomic E-state index is -1.35. The molecule has 0 bridgehead atoms. The lowest BCUT2D eigenvalue weighted by atomic mass is 9.84. The summed E-state index contributed by atoms with van der Waals surface area (Å²) < 4.78 is 8.97. The van der Waals surface area contributed by atoms with Gasteiger partial charge in [0.05, 0.1) is 47.2 Å². The van der Waals surface area contributed by atoms with Crippen molar-refractivity contribution in [3.8, 4) is 0 Å². The van der Waals surface area contributed by atoms with Crippen LogP contribution in [0.4, 0.5) is 0 Å². The lowest BCUT2D eigenvalue weighted by molar-refractivity contribution is -0.155. The molecule has 1 aliphatic carbocycles. The molecular weight excluding hydrogens is 1020 g/mol. The van der Waals surface area contributed by atoms with Crippen molar-refractivity contribution in [1.29, 1.82) is 0 Å². The van der Waals surface area contributed by atoms with Gasteiger partial charge in [-0.15, -0.1) is 23.5 Å². The maximum absolute atomic E-state index is 14.8. The summed E-state index contributed by atoms with van der Waals surface area (Å²) in [5.74, 6) is -2.61. The summed E-state index contributed by atoms with van der Waals surface area (Å²) in [5.41, 5.74) is 4.17. The van der Waals surface area contributed by atoms with Crippen molar-refractivity contribution in [3.05, 3.63) is 228 Å². The first-order valence-corrected chi connectivity index (χ1v) is 28.4. The van der Waals surface area contributed by atoms with Gasteiger partial charge in [-0.3, -0.25) is 24.0 Å². The summed E-state index contributed by atoms with van der Waals surface area (Å²) in [6, 6.07) is 58.0. The topological polar surface area (TPSA) is 180 Å². The Morgan fingerprint density at radius 2 is 1.00 bits per heavy atom. The number of carbonyl (C=O) groups is 5. The SMILES string of the molecule is COC(=O)C[C@H](O)C1(NC(=O)[C@H](CSC(c2ccccc2)(c2ccccc2)c2ccccc2)NC(=O)C(CCC(=O)OC(C)(C)C)NC(=O)C[C@H](O)C=CCCSC(c2ccccc2)(c2ccccc2)c2ccccc2)CC1. The standard InChI is InChI=1S/C64H71N3O9S2/c1-61(2,3)76-57(71)39-38-53(65-56(70)43-52(68)37-23-24-42-77-63(46-25-11-5-12-26-46,47-27-13-6-14-28-47)48-29-15-7-16-30-48)59(73)66-54(60(74)67-62(40-41-62)55(69)44-58(72)75-4)45-78-64(49-31-17-8-18-32-49,50-33-19-9-20-34-50)51-35-21-10-22-36-51/h5-23,25-37,52-55,68-69H,24,38-45H2,1-4H3,(H,65,70)(H,66,73)(H,67,74)/t52-,53?,54+,55+/m1/s1. The number of ether oxygens (including phenoxy) is 2. The summed E-state index contributed by atoms with van der Waals surface area (Å²) in [5, 5.41) is 31.1. The van der Waals surface area contributed by atoms with E-state index in [4.69, 9.17) is 9.47 Å². The number of hydrogen-bond donors (Lipinski definition) is 5. The maximum atomic E-state index is 14.8. The van der Waals surface area contributed by atoms with E-state index in [0.717, 1.165) is 33.4 Å². The Kier molecular flexibility index (Phi) is 20.7. The number of aliphatic hydroxyl groups excluding tert-OH is 2. The summed E-state index contributed by atoms with van der Waals surface area (Å²) in [6.07, 6.45) is 1.10. The molecule has 1 fully saturated rings. The molecule has 1 unspecified atom stereocenters. The molecule has 6 aromatic carbocycles. The lowest BCUT2D eigenvalue weighted by Crippen LogP contribution is -2.58. The van der Waals surface area contributed by atoms with Crippen LogP contribution >= 0.6 is 23.5 Å². The second-order valence-electron chi connectivity index (χ2n) is 20.5. The van der Waals surface area contributed by atoms with Crippen LogP contribution in [0.3, 0.4) is 0 Å². The molecule has 12 nitrogen and oxygen atoms in total. The second kappa shape index (κ2) is 27.6. The van der Waals surface area contributed by atoms with Gasteiger partial charge in [-0.25, -0.2) is 0 Å². The first-order chi connectivity index (χ1) is 37.6. The molecule has 0 aliphatic heterocycles. The van der Waals surface area contributed by atoms with Crippen LogP contribution < -0.4 is 16.0 Å². The largest absolute Gasteiger partial charge is 0.469 e. The van der Waals surface area contributed by atoms with Crippen molar-refractivity contribution in [2.24, 2.45) is 0 Å². The molecule has 6 aromatic rings. The summed E-state index contributed by atoms with van der Waals surface area (Å²) in [7, 11) is 1.22. The Balaban J connectivity index is 1.11. The van der Waals surface area contributed by atoms with Gasteiger partial charge in [-0.2, -0.15) is 0 Å². The minimum absolute atomic E-state index is 0.0167. The molecule has 5 N–H and O–H groups in total. The van der Waals surface area contributed by atoms with Crippen LogP contribution in [0.5, 0.6) is 0 Å². The van der Waals surface area contributed by atoms with Crippen LogP contribution in [0.25, 0.3) is 0 Å². The average molecular weight is 1090 g/mol. The number of methoxy groups -OCH3 is 1. The summed E-state index contributed by atoms with van der Waals surface area (Å²) in [4.78, 5) is 68.9. The number of esters is 2. The van der Waals surface area contributed by atoms with Gasteiger partial charge in [-0.1, -0.05) is 194 Å². The van der Waals surface area contributed by atoms with Crippen molar-refractivity contribution in [3.63, 3.8) is 0 Å². The fourth-order valence-corrected chi connectivity index (χ4v) is 12.6. The predicted octanol–water partition coefficient (Wildman–Crippen LogP) is 9.80. The Morgan fingerprint density at radius 3 is 1.40 bits per heavy atom. The van der Waals surface area contributed by atoms with Gasteiger partial charge in [0, 0.05) is 12.2 Å². The van der Waals surface area contributed by atoms with Crippen molar-refractivity contribution >= 4 is 53.2 Å². The minimum Gasteiger partial charge on any atom is -0.469 e. The van der Waals surface area contributed by atoms with E-state index in [0.29, 0.717) is 25.0 Å². The number of thioether (sulfide) groups is 2. The van der Waals surface area contributed by atoms with Crippen LogP contribution in [0.1, 0.15) is 99.1 Å². The molecule has 0 heterocycles. The molecule has 0 spiro atoms. The zero-order chi connectivity index (χ0) is 55.6. The van der Waals surface area contributed by atoms with Crippen LogP contribution in [0, 0.1) is 0 Å². The monoisotopic (exact) mass is 1090 g/mol. The number of rotatable bonds is 27. The van der Waals surface area contributed by atoms with Gasteiger partial charge in [0.2, 0.25) is 17.7 Å². The van der Waals surface area contributed by atoms with E-state index in [-0.39, 0.29) is 25.0 Å². The molecule has 4 atom stereocenters. The highest BCUT2D eigenvalue weighted by Crippen LogP contribution is 2.50. The van der Waals surface area contributed by atoms with E-state index < -0.39 is 81.0 Å². The van der Waals surface area contributed by atoms with E-state index in [9.17, 15) is 34.2 Å². The maximum Gasteiger partial charge on any atom is 0.308 e. The number of aliphatic hydroxyl groups is 2. The normalized spacial score (nSPS) is 14.7. The second-order valence-corrected chi connectivity index (χ2v) is 23.0. The number of amides is 3. The number of allylic oxidation sites excluding steroid dienone is 1. The van der Waals surface area contributed by atoms with Gasteiger partial charge in [0.15, 0.2) is 0 Å². The van der Waals surface area contributed by atoms with Crippen LogP contribution in [0.2, 0.25) is 0 Å². The summed E-state index contributed by atoms with van der Waals surface area (Å²) in [6.45, 7) is 5.19. The first-order valence-electron chi connectivity index (χ1n) is 26.4. The van der Waals surface area contributed by atoms with Crippen LogP contribution in [-0.2, 0) is 42.9 Å². The average Bonchev–Trinajstić information content (AvgIpc) is 4.32. The van der Waals surface area contributed by atoms with E-state index in [1.807, 2.05) is 152 Å². The van der Waals surface area contributed by atoms with Crippen LogP contribution in [-0.4, -0.2) is 93.9 Å². The van der Waals surface area contributed by atoms with Gasteiger partial charge in [0.1, 0.15) is 17.7 Å². The van der Waals surface area contributed by atoms with E-state index in [1.165, 1.54) is 18.9 Å². The van der Waals surface area contributed by atoms with Crippen molar-refractivity contribution in [2.75, 3.05) is 18.6 Å². The van der Waals surface area contributed by atoms with Crippen LogP contribution in [0.15, 0.2) is 194 Å². The number of carbonyl (C=O) groups excluding carboxylic acids is 5. The number of nitrogens with one attached hydrogen (secondary N) is 3. The quantitative estimate of drug-likeness (QED) is 0.0143. The van der Waals surface area contributed by atoms with E-state index in [2.05, 4.69) is 52.3 Å². The molecule has 1 saturated carbocycles. The van der Waals surface area contributed by atoms with E-state index >= 15 is 0 Å². The third-order valence-corrected chi connectivity index (χ3v) is 16.9. The third-order valence-electron chi connectivity index (χ3n) is 13.6. The fourth-order valence-electron chi connectivity index (χ4n) is 9.61. The van der Waals surface area contributed by atoms with E-state index in [1.54, 1.807) is 38.6 Å². The zero-order valence-electron chi connectivity index (χ0n) is 44.7. The van der Waals surface area contributed by atoms with Gasteiger partial charge in [-0.05, 0) is 85.6 Å². The molecule has 7 rings (SSSR count). The predicted molar refractivity (Wildman–Crippen MR) is 309 cm³/mol. The number of benzene rings is 6. The summed E-state index contributed by atoms with van der Waals surface area (Å²) >= 11 is 3.21. The molecule has 0 aromatic heterocycles. The third kappa shape index (κ3) is 15.4. The molecule has 14 heteroatoms. The highest BCUT2D eigenvalue weighted by molar-refractivity contribution is 8.00. The Bertz CT molecular complexity index is 2710. The Hall–Kier alpha value is -6.97. The van der Waals surface area contributed by atoms with Gasteiger partial charge < -0.3 is 35.6 Å².